The van der Waals surface area contributed by atoms with Gasteiger partial charge in [0.25, 0.3) is 0 Å². The Morgan fingerprint density at radius 3 is 1.71 bits per heavy atom. The van der Waals surface area contributed by atoms with E-state index in [0.717, 1.165) is 6.61 Å². The molecule has 0 radical (unpaired) electrons. The van der Waals surface area contributed by atoms with E-state index in [9.17, 15) is 0 Å². The molecule has 0 aliphatic heterocycles. The molecule has 0 bridgehead atoms. The van der Waals surface area contributed by atoms with Crippen molar-refractivity contribution in [1.29, 1.82) is 0 Å². The Hall–Kier alpha value is 0.177. The molecule has 0 fully saturated rings. The van der Waals surface area contributed by atoms with Crippen LogP contribution >= 0.6 is 0 Å². The quantitative estimate of drug-likeness (QED) is 0.512. The van der Waals surface area contributed by atoms with Crippen LogP contribution in [0.2, 0.25) is 18.6 Å². The molecular weight excluding hydrogens is 188 g/mol. The van der Waals surface area contributed by atoms with Gasteiger partial charge in [0.05, 0.1) is 0 Å². The van der Waals surface area contributed by atoms with Crippen molar-refractivity contribution in [2.45, 2.75) is 71.5 Å². The van der Waals surface area contributed by atoms with Gasteiger partial charge in [-0.05, 0) is 25.1 Å². The Morgan fingerprint density at radius 2 is 1.36 bits per heavy atom. The maximum Gasteiger partial charge on any atom is 0.189 e. The summed E-state index contributed by atoms with van der Waals surface area (Å²) in [6.07, 6.45) is 6.50. The molecule has 14 heavy (non-hydrogen) atoms. The average Bonchev–Trinajstić information content (AvgIpc) is 2.21. The van der Waals surface area contributed by atoms with Gasteiger partial charge in [-0.15, -0.1) is 0 Å². The predicted octanol–water partition coefficient (Wildman–Crippen LogP) is 4.59. The predicted molar refractivity (Wildman–Crippen MR) is 67.3 cm³/mol. The third kappa shape index (κ3) is 6.60. The summed E-state index contributed by atoms with van der Waals surface area (Å²) in [6, 6.07) is 2.73. The molecule has 0 atom stereocenters. The minimum atomic E-state index is -1.31. The first-order valence-electron chi connectivity index (χ1n) is 6.32. The van der Waals surface area contributed by atoms with E-state index in [1.54, 1.807) is 0 Å². The monoisotopic (exact) mass is 216 g/mol. The molecule has 0 aromatic rings. The molecule has 0 aromatic heterocycles. The topological polar surface area (TPSA) is 9.23 Å². The lowest BCUT2D eigenvalue weighted by Crippen LogP contribution is -2.34. The van der Waals surface area contributed by atoms with Gasteiger partial charge in [-0.3, -0.25) is 0 Å². The minimum absolute atomic E-state index is 0.982. The summed E-state index contributed by atoms with van der Waals surface area (Å²) in [4.78, 5) is 0. The highest BCUT2D eigenvalue weighted by Gasteiger charge is 2.26. The molecule has 86 valence electrons. The maximum atomic E-state index is 6.12. The van der Waals surface area contributed by atoms with E-state index in [1.165, 1.54) is 44.2 Å². The molecule has 0 aromatic carbocycles. The van der Waals surface area contributed by atoms with Crippen molar-refractivity contribution in [3.63, 3.8) is 0 Å². The zero-order chi connectivity index (χ0) is 10.9. The molecule has 0 unspecified atom stereocenters. The molecule has 0 heterocycles. The van der Waals surface area contributed by atoms with E-state index < -0.39 is 8.32 Å². The van der Waals surface area contributed by atoms with Crippen molar-refractivity contribution in [2.75, 3.05) is 6.61 Å². The third-order valence-electron chi connectivity index (χ3n) is 2.77. The Bertz CT molecular complexity index is 104. The minimum Gasteiger partial charge on any atom is -0.417 e. The van der Waals surface area contributed by atoms with Crippen molar-refractivity contribution < 1.29 is 4.43 Å². The summed E-state index contributed by atoms with van der Waals surface area (Å²) in [5.74, 6) is 0. The molecule has 0 saturated heterocycles. The van der Waals surface area contributed by atoms with Crippen molar-refractivity contribution >= 4 is 8.32 Å². The van der Waals surface area contributed by atoms with Crippen molar-refractivity contribution in [3.05, 3.63) is 0 Å². The lowest BCUT2D eigenvalue weighted by Gasteiger charge is -2.27. The van der Waals surface area contributed by atoms with Gasteiger partial charge in [0.1, 0.15) is 0 Å². The van der Waals surface area contributed by atoms with Gasteiger partial charge in [-0.25, -0.2) is 0 Å². The summed E-state index contributed by atoms with van der Waals surface area (Å²) in [6.45, 7) is 10.2. The van der Waals surface area contributed by atoms with Crippen LogP contribution in [-0.4, -0.2) is 14.9 Å². The van der Waals surface area contributed by atoms with E-state index in [4.69, 9.17) is 4.43 Å². The number of hydrogen-bond acceptors (Lipinski definition) is 1. The molecule has 0 saturated carbocycles. The lowest BCUT2D eigenvalue weighted by atomic mass is 10.4. The van der Waals surface area contributed by atoms with Crippen LogP contribution in [0.4, 0.5) is 0 Å². The van der Waals surface area contributed by atoms with Crippen LogP contribution in [0.3, 0.4) is 0 Å². The molecule has 0 amide bonds. The van der Waals surface area contributed by atoms with E-state index in [1.807, 2.05) is 0 Å². The highest BCUT2D eigenvalue weighted by Crippen LogP contribution is 2.23. The summed E-state index contributed by atoms with van der Waals surface area (Å²) < 4.78 is 6.12. The fraction of sp³-hybridized carbons (Fsp3) is 1.00. The van der Waals surface area contributed by atoms with Crippen LogP contribution in [0, 0.1) is 0 Å². The number of rotatable bonds is 9. The molecule has 0 rings (SSSR count). The smallest absolute Gasteiger partial charge is 0.189 e. The second-order valence-corrected chi connectivity index (χ2v) is 8.69. The van der Waals surface area contributed by atoms with Gasteiger partial charge in [-0.2, -0.15) is 0 Å². The first-order valence-corrected chi connectivity index (χ1v) is 9.14. The van der Waals surface area contributed by atoms with Crippen LogP contribution in [0.1, 0.15) is 52.9 Å². The van der Waals surface area contributed by atoms with Gasteiger partial charge in [-0.1, -0.05) is 46.5 Å². The first kappa shape index (κ1) is 14.2. The summed E-state index contributed by atoms with van der Waals surface area (Å²) in [5, 5.41) is 0. The van der Waals surface area contributed by atoms with Gasteiger partial charge in [0.15, 0.2) is 8.32 Å². The largest absolute Gasteiger partial charge is 0.417 e. The molecule has 0 aliphatic rings. The number of hydrogen-bond donors (Lipinski definition) is 0. The van der Waals surface area contributed by atoms with E-state index >= 15 is 0 Å². The third-order valence-corrected chi connectivity index (χ3v) is 6.50. The Balaban J connectivity index is 3.89. The van der Waals surface area contributed by atoms with Crippen molar-refractivity contribution in [1.82, 2.24) is 0 Å². The van der Waals surface area contributed by atoms with E-state index in [2.05, 4.69) is 27.3 Å². The second kappa shape index (κ2) is 8.48. The first-order chi connectivity index (χ1) is 6.68. The molecule has 1 nitrogen and oxygen atoms in total. The normalized spacial score (nSPS) is 12.0. The molecule has 2 heteroatoms. The maximum absolute atomic E-state index is 6.12. The zero-order valence-corrected chi connectivity index (χ0v) is 11.6. The van der Waals surface area contributed by atoms with Gasteiger partial charge < -0.3 is 4.43 Å². The average molecular weight is 216 g/mol. The molecule has 0 N–H and O–H groups in total. The zero-order valence-electron chi connectivity index (χ0n) is 10.6. The van der Waals surface area contributed by atoms with Gasteiger partial charge in [0.2, 0.25) is 0 Å². The van der Waals surface area contributed by atoms with Crippen LogP contribution < -0.4 is 0 Å². The Labute approximate surface area is 91.4 Å². The summed E-state index contributed by atoms with van der Waals surface area (Å²) >= 11 is 0. The number of unbranched alkanes of at least 4 members (excludes halogenated alkanes) is 2. The molecule has 0 aliphatic carbocycles. The highest BCUT2D eigenvalue weighted by molar-refractivity contribution is 6.72. The Morgan fingerprint density at radius 1 is 0.857 bits per heavy atom. The fourth-order valence-electron chi connectivity index (χ4n) is 1.72. The van der Waals surface area contributed by atoms with Crippen molar-refractivity contribution in [2.24, 2.45) is 0 Å². The van der Waals surface area contributed by atoms with E-state index in [0.29, 0.717) is 0 Å². The van der Waals surface area contributed by atoms with Crippen LogP contribution in [0.25, 0.3) is 0 Å². The Kier molecular flexibility index (Phi) is 8.59. The van der Waals surface area contributed by atoms with Gasteiger partial charge in [0, 0.05) is 6.61 Å². The van der Waals surface area contributed by atoms with Crippen LogP contribution in [0.5, 0.6) is 0 Å². The van der Waals surface area contributed by atoms with E-state index in [-0.39, 0.29) is 0 Å². The summed E-state index contributed by atoms with van der Waals surface area (Å²) in [5.41, 5.74) is 0. The molecular formula is C12H28OSi. The highest BCUT2D eigenvalue weighted by atomic mass is 28.4. The van der Waals surface area contributed by atoms with Gasteiger partial charge >= 0.3 is 0 Å². The standard InChI is InChI=1S/C12H28OSi/c1-5-8-11-14(4,12-9-6-2)13-10-7-3/h5-12H2,1-4H3. The second-order valence-electron chi connectivity index (χ2n) is 4.51. The summed E-state index contributed by atoms with van der Waals surface area (Å²) in [7, 11) is -1.31. The fourth-order valence-corrected chi connectivity index (χ4v) is 5.16. The van der Waals surface area contributed by atoms with Crippen LogP contribution in [-0.2, 0) is 4.43 Å². The van der Waals surface area contributed by atoms with Crippen LogP contribution in [0.15, 0.2) is 0 Å². The SMILES string of the molecule is CCCC[Si](C)(CCCC)OCCC. The van der Waals surface area contributed by atoms with Crippen molar-refractivity contribution in [3.8, 4) is 0 Å². The lowest BCUT2D eigenvalue weighted by molar-refractivity contribution is 0.299. The molecule has 0 spiro atoms.